The lowest BCUT2D eigenvalue weighted by molar-refractivity contribution is 0.416. The molecule has 4 nitrogen and oxygen atoms in total. The van der Waals surface area contributed by atoms with Crippen molar-refractivity contribution in [1.29, 1.82) is 0 Å². The fraction of sp³-hybridized carbons (Fsp3) is 0.182. The number of benzene rings is 1. The molecule has 0 aliphatic carbocycles. The quantitative estimate of drug-likeness (QED) is 0.657. The maximum Gasteiger partial charge on any atom is 0.213 e. The van der Waals surface area contributed by atoms with Crippen LogP contribution in [0.2, 0.25) is 0 Å². The Bertz CT molecular complexity index is 406. The first-order chi connectivity index (χ1) is 7.47. The normalized spacial score (nSPS) is 12.5. The lowest BCUT2D eigenvalue weighted by Gasteiger charge is -2.07. The lowest BCUT2D eigenvalue weighted by atomic mass is 10.1. The Balaban J connectivity index is 0.000000144. The van der Waals surface area contributed by atoms with Gasteiger partial charge in [0.05, 0.1) is 5.69 Å². The van der Waals surface area contributed by atoms with Crippen LogP contribution in [0.25, 0.3) is 0 Å². The summed E-state index contributed by atoms with van der Waals surface area (Å²) in [6.07, 6.45) is 6.83. The summed E-state index contributed by atoms with van der Waals surface area (Å²) in [5.41, 5.74) is 2.53. The molecule has 2 aromatic rings. The van der Waals surface area contributed by atoms with Gasteiger partial charge in [0.2, 0.25) is 6.39 Å². The average molecular weight is 201 g/mol. The van der Waals surface area contributed by atoms with Gasteiger partial charge in [-0.15, -0.1) is 0 Å². The molecule has 0 saturated carbocycles. The van der Waals surface area contributed by atoms with Crippen LogP contribution in [0, 0.1) is 0 Å². The van der Waals surface area contributed by atoms with Crippen molar-refractivity contribution in [1.82, 2.24) is 10.1 Å². The zero-order chi connectivity index (χ0) is 10.3. The van der Waals surface area contributed by atoms with Crippen LogP contribution >= 0.6 is 0 Å². The molecule has 1 aromatic carbocycles. The largest absolute Gasteiger partial charge is 0.343 e. The number of aromatic nitrogens is 2. The van der Waals surface area contributed by atoms with E-state index in [1.165, 1.54) is 18.3 Å². The molecule has 0 saturated heterocycles. The van der Waals surface area contributed by atoms with Crippen molar-refractivity contribution in [2.45, 2.75) is 12.8 Å². The molecular weight excluding hydrogens is 190 g/mol. The first-order valence-corrected chi connectivity index (χ1v) is 4.76. The number of para-hydroxylation sites is 1. The van der Waals surface area contributed by atoms with Crippen molar-refractivity contribution >= 4 is 11.9 Å². The molecule has 0 bridgehead atoms. The van der Waals surface area contributed by atoms with Crippen molar-refractivity contribution in [3.8, 4) is 0 Å². The van der Waals surface area contributed by atoms with Crippen LogP contribution in [0.1, 0.15) is 12.0 Å². The lowest BCUT2D eigenvalue weighted by Crippen LogP contribution is -1.91. The second-order valence-electron chi connectivity index (χ2n) is 3.06. The molecule has 1 aromatic heterocycles. The summed E-state index contributed by atoms with van der Waals surface area (Å²) in [6, 6.07) is 8.30. The summed E-state index contributed by atoms with van der Waals surface area (Å²) in [4.78, 5) is 7.71. The van der Waals surface area contributed by atoms with Crippen LogP contribution in [0.4, 0.5) is 5.69 Å². The van der Waals surface area contributed by atoms with Gasteiger partial charge in [-0.1, -0.05) is 23.4 Å². The highest BCUT2D eigenvalue weighted by Crippen LogP contribution is 2.22. The number of nitrogens with zero attached hydrogens (tertiary/aromatic N) is 3. The third kappa shape index (κ3) is 2.74. The second kappa shape index (κ2) is 5.05. The predicted octanol–water partition coefficient (Wildman–Crippen LogP) is 2.40. The number of fused-ring (bicyclic) bond motifs is 1. The van der Waals surface area contributed by atoms with Gasteiger partial charge in [-0.05, 0) is 24.5 Å². The van der Waals surface area contributed by atoms with E-state index in [1.54, 1.807) is 0 Å². The molecule has 3 rings (SSSR count). The average Bonchev–Trinajstić information content (AvgIpc) is 2.88. The van der Waals surface area contributed by atoms with Crippen molar-refractivity contribution in [2.24, 2.45) is 4.99 Å². The number of aliphatic imine (C=N–C) groups is 1. The Kier molecular flexibility index (Phi) is 3.22. The van der Waals surface area contributed by atoms with Crippen LogP contribution in [0.3, 0.4) is 0 Å². The van der Waals surface area contributed by atoms with E-state index in [2.05, 4.69) is 37.9 Å². The number of aryl methyl sites for hydroxylation is 1. The molecule has 76 valence electrons. The van der Waals surface area contributed by atoms with Crippen LogP contribution < -0.4 is 0 Å². The molecular formula is C11H11N3O. The third-order valence-electron chi connectivity index (χ3n) is 2.05. The van der Waals surface area contributed by atoms with Gasteiger partial charge >= 0.3 is 0 Å². The van der Waals surface area contributed by atoms with Crippen LogP contribution in [-0.4, -0.2) is 16.4 Å². The van der Waals surface area contributed by atoms with Gasteiger partial charge in [-0.2, -0.15) is 0 Å². The fourth-order valence-corrected chi connectivity index (χ4v) is 1.37. The van der Waals surface area contributed by atoms with Gasteiger partial charge < -0.3 is 4.52 Å². The number of hydrogen-bond donors (Lipinski definition) is 0. The highest BCUT2D eigenvalue weighted by Gasteiger charge is 2.01. The van der Waals surface area contributed by atoms with E-state index >= 15 is 0 Å². The SMILES string of the molecule is C1=Nc2ccccc2CC1.c1ncon1. The molecule has 1 aliphatic rings. The molecule has 0 N–H and O–H groups in total. The summed E-state index contributed by atoms with van der Waals surface area (Å²) in [5, 5.41) is 3.24. The van der Waals surface area contributed by atoms with Gasteiger partial charge in [-0.3, -0.25) is 4.99 Å². The Morgan fingerprint density at radius 2 is 2.13 bits per heavy atom. The highest BCUT2D eigenvalue weighted by molar-refractivity contribution is 5.68. The Morgan fingerprint density at radius 3 is 2.80 bits per heavy atom. The first kappa shape index (κ1) is 9.58. The van der Waals surface area contributed by atoms with Crippen LogP contribution in [-0.2, 0) is 6.42 Å². The zero-order valence-electron chi connectivity index (χ0n) is 8.21. The number of hydrogen-bond acceptors (Lipinski definition) is 4. The Morgan fingerprint density at radius 1 is 1.20 bits per heavy atom. The maximum absolute atomic E-state index is 4.27. The van der Waals surface area contributed by atoms with Gasteiger partial charge in [0, 0.05) is 6.21 Å². The van der Waals surface area contributed by atoms with Gasteiger partial charge in [0.25, 0.3) is 0 Å². The molecule has 0 atom stereocenters. The summed E-state index contributed by atoms with van der Waals surface area (Å²) in [7, 11) is 0. The summed E-state index contributed by atoms with van der Waals surface area (Å²) in [6.45, 7) is 0. The van der Waals surface area contributed by atoms with Crippen molar-refractivity contribution in [2.75, 3.05) is 0 Å². The third-order valence-corrected chi connectivity index (χ3v) is 2.05. The van der Waals surface area contributed by atoms with E-state index in [0.717, 1.165) is 18.5 Å². The Labute approximate surface area is 87.7 Å². The Hall–Kier alpha value is -1.97. The topological polar surface area (TPSA) is 51.3 Å². The van der Waals surface area contributed by atoms with E-state index in [4.69, 9.17) is 0 Å². The molecule has 1 aliphatic heterocycles. The molecule has 0 amide bonds. The van der Waals surface area contributed by atoms with Gasteiger partial charge in [0.15, 0.2) is 6.33 Å². The first-order valence-electron chi connectivity index (χ1n) is 4.76. The molecule has 0 spiro atoms. The van der Waals surface area contributed by atoms with Gasteiger partial charge in [-0.25, -0.2) is 4.98 Å². The zero-order valence-corrected chi connectivity index (χ0v) is 8.21. The second-order valence-corrected chi connectivity index (χ2v) is 3.06. The smallest absolute Gasteiger partial charge is 0.213 e. The standard InChI is InChI=1S/C9H9N.C2H2N2O/c1-2-6-9-8(4-1)5-3-7-10-9;1-3-2-5-4-1/h1-2,4,6-7H,3,5H2;1-2H. The van der Waals surface area contributed by atoms with E-state index in [9.17, 15) is 0 Å². The van der Waals surface area contributed by atoms with Gasteiger partial charge in [0.1, 0.15) is 0 Å². The molecule has 15 heavy (non-hydrogen) atoms. The van der Waals surface area contributed by atoms with Crippen molar-refractivity contribution < 1.29 is 4.52 Å². The minimum Gasteiger partial charge on any atom is -0.343 e. The molecule has 4 heteroatoms. The minimum atomic E-state index is 1.09. The van der Waals surface area contributed by atoms with Crippen molar-refractivity contribution in [3.63, 3.8) is 0 Å². The molecule has 2 heterocycles. The monoisotopic (exact) mass is 201 g/mol. The van der Waals surface area contributed by atoms with Crippen molar-refractivity contribution in [3.05, 3.63) is 42.5 Å². The molecule has 0 fully saturated rings. The van der Waals surface area contributed by atoms with E-state index < -0.39 is 0 Å². The minimum absolute atomic E-state index is 1.09. The molecule has 0 unspecified atom stereocenters. The van der Waals surface area contributed by atoms with E-state index in [1.807, 2.05) is 12.3 Å². The number of rotatable bonds is 0. The van der Waals surface area contributed by atoms with Crippen LogP contribution in [0.15, 0.2) is 46.5 Å². The van der Waals surface area contributed by atoms with Crippen LogP contribution in [0.5, 0.6) is 0 Å². The summed E-state index contributed by atoms with van der Waals surface area (Å²) in [5.74, 6) is 0. The highest BCUT2D eigenvalue weighted by atomic mass is 16.5. The van der Waals surface area contributed by atoms with E-state index in [-0.39, 0.29) is 0 Å². The molecule has 0 radical (unpaired) electrons. The summed E-state index contributed by atoms with van der Waals surface area (Å²) >= 11 is 0. The van der Waals surface area contributed by atoms with E-state index in [0.29, 0.717) is 0 Å². The predicted molar refractivity (Wildman–Crippen MR) is 57.2 cm³/mol. The summed E-state index contributed by atoms with van der Waals surface area (Å²) < 4.78 is 4.22. The fourth-order valence-electron chi connectivity index (χ4n) is 1.37. The maximum atomic E-state index is 4.27.